The van der Waals surface area contributed by atoms with Crippen molar-refractivity contribution in [3.8, 4) is 5.75 Å². The summed E-state index contributed by atoms with van der Waals surface area (Å²) in [7, 11) is 0. The van der Waals surface area contributed by atoms with Crippen LogP contribution in [0.15, 0.2) is 24.3 Å². The third-order valence-electron chi connectivity index (χ3n) is 2.24. The first kappa shape index (κ1) is 12.5. The second-order valence-electron chi connectivity index (χ2n) is 4.14. The Morgan fingerprint density at radius 2 is 1.94 bits per heavy atom. The molecule has 0 saturated heterocycles. The molecular weight excluding hydrogens is 206 g/mol. The fourth-order valence-corrected chi connectivity index (χ4v) is 1.35. The lowest BCUT2D eigenvalue weighted by Crippen LogP contribution is -1.99. The van der Waals surface area contributed by atoms with E-state index < -0.39 is 4.92 Å². The third kappa shape index (κ3) is 4.29. The molecule has 0 aromatic heterocycles. The Kier molecular flexibility index (Phi) is 4.76. The van der Waals surface area contributed by atoms with Crippen LogP contribution in [0, 0.1) is 16.0 Å². The van der Waals surface area contributed by atoms with E-state index in [1.807, 2.05) is 0 Å². The molecule has 0 spiro atoms. The molecule has 0 unspecified atom stereocenters. The molecule has 0 saturated carbocycles. The minimum Gasteiger partial charge on any atom is -0.494 e. The normalized spacial score (nSPS) is 10.4. The van der Waals surface area contributed by atoms with Crippen LogP contribution in [0.1, 0.15) is 26.7 Å². The zero-order chi connectivity index (χ0) is 12.0. The summed E-state index contributed by atoms with van der Waals surface area (Å²) in [6.07, 6.45) is 2.14. The number of hydrogen-bond donors (Lipinski definition) is 0. The van der Waals surface area contributed by atoms with Gasteiger partial charge in [0.15, 0.2) is 0 Å². The summed E-state index contributed by atoms with van der Waals surface area (Å²) >= 11 is 0. The van der Waals surface area contributed by atoms with E-state index in [4.69, 9.17) is 4.74 Å². The second kappa shape index (κ2) is 6.10. The van der Waals surface area contributed by atoms with Crippen LogP contribution >= 0.6 is 0 Å². The number of nitro groups is 1. The highest BCUT2D eigenvalue weighted by Crippen LogP contribution is 2.17. The Labute approximate surface area is 95.4 Å². The van der Waals surface area contributed by atoms with E-state index in [0.29, 0.717) is 18.3 Å². The van der Waals surface area contributed by atoms with Crippen molar-refractivity contribution in [1.29, 1.82) is 0 Å². The van der Waals surface area contributed by atoms with Crippen molar-refractivity contribution in [3.63, 3.8) is 0 Å². The van der Waals surface area contributed by atoms with Crippen LogP contribution in [-0.4, -0.2) is 11.5 Å². The van der Waals surface area contributed by atoms with E-state index in [1.165, 1.54) is 12.1 Å². The van der Waals surface area contributed by atoms with Crippen molar-refractivity contribution < 1.29 is 9.66 Å². The molecule has 0 aliphatic carbocycles. The smallest absolute Gasteiger partial charge is 0.269 e. The fraction of sp³-hybridized carbons (Fsp3) is 0.500. The highest BCUT2D eigenvalue weighted by molar-refractivity contribution is 5.35. The first-order chi connectivity index (χ1) is 7.59. The lowest BCUT2D eigenvalue weighted by Gasteiger charge is -2.07. The first-order valence-corrected chi connectivity index (χ1v) is 5.47. The Morgan fingerprint density at radius 3 is 2.44 bits per heavy atom. The second-order valence-corrected chi connectivity index (χ2v) is 4.14. The molecule has 1 aromatic rings. The number of benzene rings is 1. The van der Waals surface area contributed by atoms with Crippen LogP contribution in [0.4, 0.5) is 5.69 Å². The van der Waals surface area contributed by atoms with Gasteiger partial charge in [-0.1, -0.05) is 13.8 Å². The van der Waals surface area contributed by atoms with Gasteiger partial charge in [0, 0.05) is 12.1 Å². The Morgan fingerprint density at radius 1 is 1.31 bits per heavy atom. The van der Waals surface area contributed by atoms with Crippen molar-refractivity contribution in [1.82, 2.24) is 0 Å². The molecule has 0 fully saturated rings. The molecule has 0 aliphatic rings. The topological polar surface area (TPSA) is 52.4 Å². The van der Waals surface area contributed by atoms with Gasteiger partial charge in [0.1, 0.15) is 5.75 Å². The van der Waals surface area contributed by atoms with Gasteiger partial charge in [0.2, 0.25) is 0 Å². The summed E-state index contributed by atoms with van der Waals surface area (Å²) < 4.78 is 5.47. The fourth-order valence-electron chi connectivity index (χ4n) is 1.35. The molecule has 4 nitrogen and oxygen atoms in total. The van der Waals surface area contributed by atoms with Gasteiger partial charge < -0.3 is 4.74 Å². The third-order valence-corrected chi connectivity index (χ3v) is 2.24. The van der Waals surface area contributed by atoms with Gasteiger partial charge in [-0.3, -0.25) is 10.1 Å². The van der Waals surface area contributed by atoms with Crippen molar-refractivity contribution in [2.24, 2.45) is 5.92 Å². The maximum Gasteiger partial charge on any atom is 0.269 e. The van der Waals surface area contributed by atoms with E-state index in [2.05, 4.69) is 13.8 Å². The maximum atomic E-state index is 10.4. The molecule has 0 amide bonds. The summed E-state index contributed by atoms with van der Waals surface area (Å²) in [4.78, 5) is 10.00. The van der Waals surface area contributed by atoms with Crippen molar-refractivity contribution in [2.75, 3.05) is 6.61 Å². The average molecular weight is 223 g/mol. The summed E-state index contributed by atoms with van der Waals surface area (Å²) in [5.41, 5.74) is 0.0922. The van der Waals surface area contributed by atoms with E-state index >= 15 is 0 Å². The van der Waals surface area contributed by atoms with Gasteiger partial charge >= 0.3 is 0 Å². The SMILES string of the molecule is CC(C)CCCOc1ccc([N+](=O)[O-])cc1. The molecule has 88 valence electrons. The summed E-state index contributed by atoms with van der Waals surface area (Å²) in [6.45, 7) is 5.01. The van der Waals surface area contributed by atoms with Gasteiger partial charge in [-0.05, 0) is 30.9 Å². The molecule has 16 heavy (non-hydrogen) atoms. The quantitative estimate of drug-likeness (QED) is 0.422. The number of rotatable bonds is 6. The van der Waals surface area contributed by atoms with Crippen LogP contribution in [0.5, 0.6) is 5.75 Å². The molecule has 0 radical (unpaired) electrons. The highest BCUT2D eigenvalue weighted by atomic mass is 16.6. The summed E-state index contributed by atoms with van der Waals surface area (Å²) in [5, 5.41) is 10.4. The van der Waals surface area contributed by atoms with Gasteiger partial charge in [0.25, 0.3) is 5.69 Å². The number of ether oxygens (including phenoxy) is 1. The van der Waals surface area contributed by atoms with E-state index in [0.717, 1.165) is 12.8 Å². The van der Waals surface area contributed by atoms with Gasteiger partial charge in [-0.2, -0.15) is 0 Å². The molecule has 0 bridgehead atoms. The predicted molar refractivity (Wildman–Crippen MR) is 62.7 cm³/mol. The van der Waals surface area contributed by atoms with Gasteiger partial charge in [0.05, 0.1) is 11.5 Å². The zero-order valence-corrected chi connectivity index (χ0v) is 9.68. The van der Waals surface area contributed by atoms with Crippen LogP contribution in [-0.2, 0) is 0 Å². The molecular formula is C12H17NO3. The number of nitrogens with zero attached hydrogens (tertiary/aromatic N) is 1. The van der Waals surface area contributed by atoms with Crippen LogP contribution < -0.4 is 4.74 Å². The molecule has 0 N–H and O–H groups in total. The van der Waals surface area contributed by atoms with Crippen LogP contribution in [0.3, 0.4) is 0 Å². The van der Waals surface area contributed by atoms with Crippen molar-refractivity contribution >= 4 is 5.69 Å². The average Bonchev–Trinajstić information content (AvgIpc) is 2.25. The van der Waals surface area contributed by atoms with Crippen LogP contribution in [0.2, 0.25) is 0 Å². The van der Waals surface area contributed by atoms with Crippen LogP contribution in [0.25, 0.3) is 0 Å². The van der Waals surface area contributed by atoms with E-state index in [1.54, 1.807) is 12.1 Å². The Bertz CT molecular complexity index is 333. The highest BCUT2D eigenvalue weighted by Gasteiger charge is 2.04. The summed E-state index contributed by atoms with van der Waals surface area (Å²) in [5.74, 6) is 1.37. The van der Waals surface area contributed by atoms with Crippen molar-refractivity contribution in [3.05, 3.63) is 34.4 Å². The predicted octanol–water partition coefficient (Wildman–Crippen LogP) is 3.41. The standard InChI is InChI=1S/C12H17NO3/c1-10(2)4-3-9-16-12-7-5-11(6-8-12)13(14)15/h5-8,10H,3-4,9H2,1-2H3. The Hall–Kier alpha value is -1.58. The molecule has 0 atom stereocenters. The zero-order valence-electron chi connectivity index (χ0n) is 9.68. The molecule has 0 aliphatic heterocycles. The minimum absolute atomic E-state index is 0.0922. The van der Waals surface area contributed by atoms with E-state index in [9.17, 15) is 10.1 Å². The van der Waals surface area contributed by atoms with Crippen molar-refractivity contribution in [2.45, 2.75) is 26.7 Å². The van der Waals surface area contributed by atoms with E-state index in [-0.39, 0.29) is 5.69 Å². The minimum atomic E-state index is -0.414. The first-order valence-electron chi connectivity index (χ1n) is 5.47. The van der Waals surface area contributed by atoms with Gasteiger partial charge in [-0.25, -0.2) is 0 Å². The number of nitro benzene ring substituents is 1. The summed E-state index contributed by atoms with van der Waals surface area (Å²) in [6, 6.07) is 6.18. The lowest BCUT2D eigenvalue weighted by molar-refractivity contribution is -0.384. The molecule has 1 aromatic carbocycles. The number of non-ortho nitro benzene ring substituents is 1. The molecule has 4 heteroatoms. The molecule has 0 heterocycles. The van der Waals surface area contributed by atoms with Gasteiger partial charge in [-0.15, -0.1) is 0 Å². The monoisotopic (exact) mass is 223 g/mol. The maximum absolute atomic E-state index is 10.4. The number of hydrogen-bond acceptors (Lipinski definition) is 3. The largest absolute Gasteiger partial charge is 0.494 e. The Balaban J connectivity index is 2.35. The molecule has 1 rings (SSSR count). The lowest BCUT2D eigenvalue weighted by atomic mass is 10.1.